The van der Waals surface area contributed by atoms with Crippen LogP contribution < -0.4 is 10.6 Å². The highest BCUT2D eigenvalue weighted by atomic mass is 79.9. The first-order valence-electron chi connectivity index (χ1n) is 6.47. The number of halogens is 2. The molecule has 0 saturated carbocycles. The van der Waals surface area contributed by atoms with E-state index in [0.717, 1.165) is 27.0 Å². The van der Waals surface area contributed by atoms with Gasteiger partial charge < -0.3 is 10.6 Å². The molecule has 0 spiro atoms. The maximum atomic E-state index is 12.4. The smallest absolute Gasteiger partial charge is 0.257 e. The number of carbonyl (C=O) groups is 1. The van der Waals surface area contributed by atoms with E-state index in [1.165, 1.54) is 0 Å². The lowest BCUT2D eigenvalue weighted by Gasteiger charge is -2.12. The van der Waals surface area contributed by atoms with E-state index in [2.05, 4.69) is 26.6 Å². The van der Waals surface area contributed by atoms with Gasteiger partial charge in [0.05, 0.1) is 5.56 Å². The summed E-state index contributed by atoms with van der Waals surface area (Å²) in [6.07, 6.45) is 0. The highest BCUT2D eigenvalue weighted by molar-refractivity contribution is 9.10. The SMILES string of the molecule is CNc1ccc(Cl)cc1C(=O)Nc1cc(C)c(Br)c(C)c1. The minimum atomic E-state index is -0.192. The second-order valence-electron chi connectivity index (χ2n) is 4.82. The maximum absolute atomic E-state index is 12.4. The van der Waals surface area contributed by atoms with E-state index in [0.29, 0.717) is 10.6 Å². The number of aryl methyl sites for hydroxylation is 2. The third-order valence-electron chi connectivity index (χ3n) is 3.19. The molecule has 1 amide bonds. The molecule has 0 heterocycles. The number of hydrogen-bond acceptors (Lipinski definition) is 2. The summed E-state index contributed by atoms with van der Waals surface area (Å²) in [5.74, 6) is -0.192. The van der Waals surface area contributed by atoms with Crippen molar-refractivity contribution >= 4 is 44.8 Å². The number of amides is 1. The molecule has 2 aromatic carbocycles. The van der Waals surface area contributed by atoms with Crippen LogP contribution >= 0.6 is 27.5 Å². The molecule has 0 saturated heterocycles. The van der Waals surface area contributed by atoms with Gasteiger partial charge in [0.25, 0.3) is 5.91 Å². The van der Waals surface area contributed by atoms with Gasteiger partial charge in [0.15, 0.2) is 0 Å². The average molecular weight is 368 g/mol. The molecule has 2 rings (SSSR count). The zero-order chi connectivity index (χ0) is 15.6. The lowest BCUT2D eigenvalue weighted by molar-refractivity contribution is 0.102. The van der Waals surface area contributed by atoms with Crippen LogP contribution in [0.3, 0.4) is 0 Å². The number of anilines is 2. The van der Waals surface area contributed by atoms with E-state index in [4.69, 9.17) is 11.6 Å². The van der Waals surface area contributed by atoms with Crippen LogP contribution in [-0.2, 0) is 0 Å². The summed E-state index contributed by atoms with van der Waals surface area (Å²) in [5, 5.41) is 6.43. The van der Waals surface area contributed by atoms with Crippen molar-refractivity contribution in [3.63, 3.8) is 0 Å². The average Bonchev–Trinajstić information content (AvgIpc) is 2.44. The Morgan fingerprint density at radius 3 is 2.33 bits per heavy atom. The molecule has 0 aliphatic rings. The van der Waals surface area contributed by atoms with Gasteiger partial charge in [-0.05, 0) is 55.3 Å². The summed E-state index contributed by atoms with van der Waals surface area (Å²) in [6.45, 7) is 3.98. The summed E-state index contributed by atoms with van der Waals surface area (Å²) in [4.78, 5) is 12.4. The van der Waals surface area contributed by atoms with E-state index < -0.39 is 0 Å². The standard InChI is InChI=1S/C16H16BrClN2O/c1-9-6-12(7-10(2)15(9)17)20-16(21)13-8-11(18)4-5-14(13)19-3/h4-8,19H,1-3H3,(H,20,21). The van der Waals surface area contributed by atoms with Gasteiger partial charge in [0.1, 0.15) is 0 Å². The van der Waals surface area contributed by atoms with Crippen molar-refractivity contribution < 1.29 is 4.79 Å². The minimum Gasteiger partial charge on any atom is -0.387 e. The second kappa shape index (κ2) is 6.50. The van der Waals surface area contributed by atoms with Crippen LogP contribution in [0.15, 0.2) is 34.8 Å². The lowest BCUT2D eigenvalue weighted by atomic mass is 10.1. The topological polar surface area (TPSA) is 41.1 Å². The van der Waals surface area contributed by atoms with Gasteiger partial charge >= 0.3 is 0 Å². The van der Waals surface area contributed by atoms with Crippen LogP contribution in [0.1, 0.15) is 21.5 Å². The molecule has 2 aromatic rings. The Bertz CT molecular complexity index is 678. The van der Waals surface area contributed by atoms with Gasteiger partial charge in [-0.2, -0.15) is 0 Å². The fourth-order valence-electron chi connectivity index (χ4n) is 2.14. The zero-order valence-corrected chi connectivity index (χ0v) is 14.4. The second-order valence-corrected chi connectivity index (χ2v) is 6.05. The van der Waals surface area contributed by atoms with Gasteiger partial charge in [-0.25, -0.2) is 0 Å². The molecule has 0 radical (unpaired) electrons. The van der Waals surface area contributed by atoms with Crippen molar-refractivity contribution in [3.05, 3.63) is 56.5 Å². The third kappa shape index (κ3) is 3.57. The fourth-order valence-corrected chi connectivity index (χ4v) is 2.54. The molecule has 5 heteroatoms. The third-order valence-corrected chi connectivity index (χ3v) is 4.68. The number of benzene rings is 2. The number of hydrogen-bond donors (Lipinski definition) is 2. The Morgan fingerprint density at radius 2 is 1.76 bits per heavy atom. The molecule has 3 nitrogen and oxygen atoms in total. The van der Waals surface area contributed by atoms with Crippen LogP contribution in [0.2, 0.25) is 5.02 Å². The molecular weight excluding hydrogens is 352 g/mol. The minimum absolute atomic E-state index is 0.192. The van der Waals surface area contributed by atoms with E-state index >= 15 is 0 Å². The molecule has 0 atom stereocenters. The first-order valence-corrected chi connectivity index (χ1v) is 7.65. The summed E-state index contributed by atoms with van der Waals surface area (Å²) in [7, 11) is 1.77. The number of nitrogens with one attached hydrogen (secondary N) is 2. The van der Waals surface area contributed by atoms with Gasteiger partial charge in [0, 0.05) is 27.9 Å². The Hall–Kier alpha value is -1.52. The maximum Gasteiger partial charge on any atom is 0.257 e. The van der Waals surface area contributed by atoms with E-state index in [1.807, 2.05) is 26.0 Å². The summed E-state index contributed by atoms with van der Waals surface area (Å²) < 4.78 is 1.05. The quantitative estimate of drug-likeness (QED) is 0.800. The Kier molecular flexibility index (Phi) is 4.91. The molecule has 0 aromatic heterocycles. The van der Waals surface area contributed by atoms with Crippen molar-refractivity contribution in [2.24, 2.45) is 0 Å². The molecule has 0 aliphatic heterocycles. The monoisotopic (exact) mass is 366 g/mol. The van der Waals surface area contributed by atoms with Crippen molar-refractivity contribution in [1.29, 1.82) is 0 Å². The molecule has 21 heavy (non-hydrogen) atoms. The summed E-state index contributed by atoms with van der Waals surface area (Å²) in [5.41, 5.74) is 4.17. The Morgan fingerprint density at radius 1 is 1.14 bits per heavy atom. The molecule has 2 N–H and O–H groups in total. The molecular formula is C16H16BrClN2O. The van der Waals surface area contributed by atoms with Gasteiger partial charge in [-0.15, -0.1) is 0 Å². The fraction of sp³-hybridized carbons (Fsp3) is 0.188. The normalized spacial score (nSPS) is 10.3. The van der Waals surface area contributed by atoms with Crippen LogP contribution in [0.4, 0.5) is 11.4 Å². The first kappa shape index (κ1) is 15.9. The van der Waals surface area contributed by atoms with Crippen molar-refractivity contribution in [2.75, 3.05) is 17.7 Å². The van der Waals surface area contributed by atoms with Crippen LogP contribution in [0.25, 0.3) is 0 Å². The molecule has 0 bridgehead atoms. The first-order chi connectivity index (χ1) is 9.92. The van der Waals surface area contributed by atoms with Crippen molar-refractivity contribution in [1.82, 2.24) is 0 Å². The molecule has 0 aliphatic carbocycles. The summed E-state index contributed by atoms with van der Waals surface area (Å²) >= 11 is 9.49. The zero-order valence-electron chi connectivity index (χ0n) is 12.1. The summed E-state index contributed by atoms with van der Waals surface area (Å²) in [6, 6.07) is 9.05. The lowest BCUT2D eigenvalue weighted by Crippen LogP contribution is -2.14. The van der Waals surface area contributed by atoms with Gasteiger partial charge in [-0.1, -0.05) is 27.5 Å². The molecule has 0 unspecified atom stereocenters. The van der Waals surface area contributed by atoms with E-state index in [9.17, 15) is 4.79 Å². The Balaban J connectivity index is 2.32. The predicted molar refractivity (Wildman–Crippen MR) is 92.6 cm³/mol. The van der Waals surface area contributed by atoms with Gasteiger partial charge in [0.2, 0.25) is 0 Å². The van der Waals surface area contributed by atoms with Crippen LogP contribution in [0, 0.1) is 13.8 Å². The number of rotatable bonds is 3. The Labute approximate surface area is 137 Å². The highest BCUT2D eigenvalue weighted by Gasteiger charge is 2.13. The number of carbonyl (C=O) groups excluding carboxylic acids is 1. The highest BCUT2D eigenvalue weighted by Crippen LogP contribution is 2.26. The molecule has 0 fully saturated rings. The van der Waals surface area contributed by atoms with E-state index in [1.54, 1.807) is 25.2 Å². The predicted octanol–water partition coefficient (Wildman–Crippen LogP) is 5.01. The molecule has 110 valence electrons. The van der Waals surface area contributed by atoms with Crippen molar-refractivity contribution in [3.8, 4) is 0 Å². The largest absolute Gasteiger partial charge is 0.387 e. The van der Waals surface area contributed by atoms with Gasteiger partial charge in [-0.3, -0.25) is 4.79 Å². The van der Waals surface area contributed by atoms with Crippen LogP contribution in [0.5, 0.6) is 0 Å². The van der Waals surface area contributed by atoms with Crippen LogP contribution in [-0.4, -0.2) is 13.0 Å². The van der Waals surface area contributed by atoms with Crippen molar-refractivity contribution in [2.45, 2.75) is 13.8 Å². The van der Waals surface area contributed by atoms with E-state index in [-0.39, 0.29) is 5.91 Å².